The summed E-state index contributed by atoms with van der Waals surface area (Å²) in [5, 5.41) is 4.18. The van der Waals surface area contributed by atoms with Crippen molar-refractivity contribution in [3.8, 4) is 5.75 Å². The van der Waals surface area contributed by atoms with Gasteiger partial charge in [0, 0.05) is 0 Å². The zero-order valence-electron chi connectivity index (χ0n) is 13.8. The maximum Gasteiger partial charge on any atom is 0.275 e. The SMILES string of the molecule is CCCOc1ccccc1C(=O)N/N=C(\C)c1ccc(C)cc1. The molecular weight excluding hydrogens is 288 g/mol. The van der Waals surface area contributed by atoms with Crippen molar-refractivity contribution in [1.82, 2.24) is 5.43 Å². The number of hydrogen-bond donors (Lipinski definition) is 1. The van der Waals surface area contributed by atoms with Crippen LogP contribution in [0.15, 0.2) is 53.6 Å². The van der Waals surface area contributed by atoms with Crippen LogP contribution in [0.3, 0.4) is 0 Å². The van der Waals surface area contributed by atoms with Crippen molar-refractivity contribution in [2.24, 2.45) is 5.10 Å². The number of nitrogens with zero attached hydrogens (tertiary/aromatic N) is 1. The first-order valence-corrected chi connectivity index (χ1v) is 7.75. The molecule has 0 heterocycles. The molecule has 0 saturated heterocycles. The highest BCUT2D eigenvalue weighted by Crippen LogP contribution is 2.18. The Morgan fingerprint density at radius 1 is 1.13 bits per heavy atom. The lowest BCUT2D eigenvalue weighted by molar-refractivity contribution is 0.0950. The zero-order valence-corrected chi connectivity index (χ0v) is 13.8. The third-order valence-electron chi connectivity index (χ3n) is 3.39. The van der Waals surface area contributed by atoms with Gasteiger partial charge in [0.2, 0.25) is 0 Å². The van der Waals surface area contributed by atoms with Gasteiger partial charge >= 0.3 is 0 Å². The molecular formula is C19H22N2O2. The lowest BCUT2D eigenvalue weighted by Gasteiger charge is -2.09. The van der Waals surface area contributed by atoms with E-state index in [1.165, 1.54) is 5.56 Å². The highest BCUT2D eigenvalue weighted by Gasteiger charge is 2.11. The van der Waals surface area contributed by atoms with E-state index in [9.17, 15) is 4.79 Å². The molecule has 0 fully saturated rings. The van der Waals surface area contributed by atoms with Gasteiger partial charge in [0.05, 0.1) is 17.9 Å². The van der Waals surface area contributed by atoms with Crippen molar-refractivity contribution in [3.05, 3.63) is 65.2 Å². The molecule has 0 aromatic heterocycles. The molecule has 0 spiro atoms. The normalized spacial score (nSPS) is 11.2. The van der Waals surface area contributed by atoms with E-state index in [0.29, 0.717) is 17.9 Å². The summed E-state index contributed by atoms with van der Waals surface area (Å²) < 4.78 is 5.60. The van der Waals surface area contributed by atoms with Gasteiger partial charge in [-0.3, -0.25) is 4.79 Å². The first kappa shape index (κ1) is 16.7. The number of benzene rings is 2. The van der Waals surface area contributed by atoms with Crippen molar-refractivity contribution in [1.29, 1.82) is 0 Å². The number of para-hydroxylation sites is 1. The van der Waals surface area contributed by atoms with E-state index in [-0.39, 0.29) is 5.91 Å². The van der Waals surface area contributed by atoms with Crippen LogP contribution in [0.25, 0.3) is 0 Å². The molecule has 2 rings (SSSR count). The van der Waals surface area contributed by atoms with Gasteiger partial charge in [-0.25, -0.2) is 5.43 Å². The molecule has 2 aromatic rings. The molecule has 0 radical (unpaired) electrons. The molecule has 120 valence electrons. The third kappa shape index (κ3) is 4.68. The molecule has 2 aromatic carbocycles. The molecule has 0 aliphatic rings. The van der Waals surface area contributed by atoms with Crippen LogP contribution in [-0.2, 0) is 0 Å². The number of aryl methyl sites for hydroxylation is 1. The molecule has 0 atom stereocenters. The van der Waals surface area contributed by atoms with E-state index in [0.717, 1.165) is 17.7 Å². The van der Waals surface area contributed by atoms with Crippen molar-refractivity contribution in [2.75, 3.05) is 6.61 Å². The first-order valence-electron chi connectivity index (χ1n) is 7.75. The lowest BCUT2D eigenvalue weighted by Crippen LogP contribution is -2.20. The van der Waals surface area contributed by atoms with E-state index < -0.39 is 0 Å². The van der Waals surface area contributed by atoms with Crippen LogP contribution in [0.2, 0.25) is 0 Å². The second-order valence-corrected chi connectivity index (χ2v) is 5.35. The largest absolute Gasteiger partial charge is 0.493 e. The van der Waals surface area contributed by atoms with Crippen molar-refractivity contribution in [2.45, 2.75) is 27.2 Å². The van der Waals surface area contributed by atoms with E-state index >= 15 is 0 Å². The lowest BCUT2D eigenvalue weighted by atomic mass is 10.1. The predicted molar refractivity (Wildman–Crippen MR) is 93.1 cm³/mol. The van der Waals surface area contributed by atoms with Gasteiger partial charge in [-0.1, -0.05) is 48.9 Å². The number of carbonyl (C=O) groups excluding carboxylic acids is 1. The third-order valence-corrected chi connectivity index (χ3v) is 3.39. The molecule has 0 aliphatic heterocycles. The molecule has 0 bridgehead atoms. The minimum Gasteiger partial charge on any atom is -0.493 e. The Hall–Kier alpha value is -2.62. The zero-order chi connectivity index (χ0) is 16.7. The number of carbonyl (C=O) groups is 1. The highest BCUT2D eigenvalue weighted by atomic mass is 16.5. The number of nitrogens with one attached hydrogen (secondary N) is 1. The van der Waals surface area contributed by atoms with Crippen LogP contribution in [0.1, 0.15) is 41.8 Å². The van der Waals surface area contributed by atoms with Crippen LogP contribution in [-0.4, -0.2) is 18.2 Å². The maximum atomic E-state index is 12.3. The quantitative estimate of drug-likeness (QED) is 0.649. The minimum atomic E-state index is -0.275. The van der Waals surface area contributed by atoms with Crippen molar-refractivity contribution in [3.63, 3.8) is 0 Å². The van der Waals surface area contributed by atoms with Gasteiger partial charge in [-0.15, -0.1) is 0 Å². The topological polar surface area (TPSA) is 50.7 Å². The summed E-state index contributed by atoms with van der Waals surface area (Å²) in [6, 6.07) is 15.2. The van der Waals surface area contributed by atoms with E-state index in [4.69, 9.17) is 4.74 Å². The van der Waals surface area contributed by atoms with E-state index in [1.54, 1.807) is 12.1 Å². The van der Waals surface area contributed by atoms with Crippen LogP contribution < -0.4 is 10.2 Å². The summed E-state index contributed by atoms with van der Waals surface area (Å²) in [5.41, 5.74) is 6.01. The van der Waals surface area contributed by atoms with Gasteiger partial charge in [-0.2, -0.15) is 5.10 Å². The summed E-state index contributed by atoms with van der Waals surface area (Å²) >= 11 is 0. The smallest absolute Gasteiger partial charge is 0.275 e. The molecule has 0 aliphatic carbocycles. The Kier molecular flexibility index (Phi) is 5.92. The molecule has 0 unspecified atom stereocenters. The van der Waals surface area contributed by atoms with Crippen molar-refractivity contribution < 1.29 is 9.53 Å². The van der Waals surface area contributed by atoms with Crippen LogP contribution in [0, 0.1) is 6.92 Å². The Bertz CT molecular complexity index is 691. The monoisotopic (exact) mass is 310 g/mol. The van der Waals surface area contributed by atoms with Gasteiger partial charge in [-0.05, 0) is 38.0 Å². The minimum absolute atomic E-state index is 0.275. The van der Waals surface area contributed by atoms with Crippen molar-refractivity contribution >= 4 is 11.6 Å². The summed E-state index contributed by atoms with van der Waals surface area (Å²) in [7, 11) is 0. The fourth-order valence-electron chi connectivity index (χ4n) is 2.05. The molecule has 4 nitrogen and oxygen atoms in total. The molecule has 1 amide bonds. The predicted octanol–water partition coefficient (Wildman–Crippen LogP) is 3.94. The Morgan fingerprint density at radius 3 is 2.52 bits per heavy atom. The van der Waals surface area contributed by atoms with Crippen LogP contribution in [0.5, 0.6) is 5.75 Å². The molecule has 23 heavy (non-hydrogen) atoms. The Morgan fingerprint density at radius 2 is 1.83 bits per heavy atom. The second-order valence-electron chi connectivity index (χ2n) is 5.35. The summed E-state index contributed by atoms with van der Waals surface area (Å²) in [6.45, 7) is 6.50. The van der Waals surface area contributed by atoms with Crippen LogP contribution >= 0.6 is 0 Å². The number of amides is 1. The molecule has 1 N–H and O–H groups in total. The van der Waals surface area contributed by atoms with E-state index in [1.807, 2.05) is 57.2 Å². The molecule has 0 saturated carbocycles. The van der Waals surface area contributed by atoms with Gasteiger partial charge in [0.25, 0.3) is 5.91 Å². The fourth-order valence-corrected chi connectivity index (χ4v) is 2.05. The highest BCUT2D eigenvalue weighted by molar-refractivity contribution is 6.01. The average molecular weight is 310 g/mol. The number of rotatable bonds is 6. The van der Waals surface area contributed by atoms with Crippen LogP contribution in [0.4, 0.5) is 0 Å². The Labute approximate surface area is 137 Å². The second kappa shape index (κ2) is 8.13. The summed E-state index contributed by atoms with van der Waals surface area (Å²) in [6.07, 6.45) is 0.890. The number of hydrogen-bond acceptors (Lipinski definition) is 3. The fraction of sp³-hybridized carbons (Fsp3) is 0.263. The van der Waals surface area contributed by atoms with Gasteiger partial charge in [0.15, 0.2) is 0 Å². The van der Waals surface area contributed by atoms with Gasteiger partial charge < -0.3 is 4.74 Å². The van der Waals surface area contributed by atoms with Gasteiger partial charge in [0.1, 0.15) is 5.75 Å². The van der Waals surface area contributed by atoms with E-state index in [2.05, 4.69) is 10.5 Å². The Balaban J connectivity index is 2.10. The number of hydrazone groups is 1. The molecule has 4 heteroatoms. The number of ether oxygens (including phenoxy) is 1. The average Bonchev–Trinajstić information content (AvgIpc) is 2.58. The maximum absolute atomic E-state index is 12.3. The standard InChI is InChI=1S/C19H22N2O2/c1-4-13-23-18-8-6-5-7-17(18)19(22)21-20-15(3)16-11-9-14(2)10-12-16/h5-12H,4,13H2,1-3H3,(H,21,22)/b20-15+. The summed E-state index contributed by atoms with van der Waals surface area (Å²) in [4.78, 5) is 12.3. The summed E-state index contributed by atoms with van der Waals surface area (Å²) in [5.74, 6) is 0.304. The first-order chi connectivity index (χ1) is 11.1.